The highest BCUT2D eigenvalue weighted by Crippen LogP contribution is 2.38. The molecule has 0 radical (unpaired) electrons. The van der Waals surface area contributed by atoms with Crippen LogP contribution >= 0.6 is 0 Å². The maximum Gasteiger partial charge on any atom is 0.348 e. The predicted molar refractivity (Wildman–Crippen MR) is 146 cm³/mol. The molecule has 192 valence electrons. The van der Waals surface area contributed by atoms with Crippen LogP contribution in [0.5, 0.6) is 23.0 Å². The molecule has 0 amide bonds. The number of furan rings is 1. The number of ketones is 1. The Bertz CT molecular complexity index is 1760. The van der Waals surface area contributed by atoms with Crippen LogP contribution in [0.1, 0.15) is 26.3 Å². The van der Waals surface area contributed by atoms with Gasteiger partial charge < -0.3 is 23.4 Å². The molecule has 0 aliphatic carbocycles. The van der Waals surface area contributed by atoms with E-state index in [1.165, 1.54) is 6.07 Å². The van der Waals surface area contributed by atoms with Gasteiger partial charge in [-0.3, -0.25) is 4.79 Å². The molecule has 0 N–H and O–H groups in total. The maximum absolute atomic E-state index is 13.6. The number of ether oxygens (including phenoxy) is 4. The summed E-state index contributed by atoms with van der Waals surface area (Å²) in [5, 5.41) is 0.563. The van der Waals surface area contributed by atoms with Gasteiger partial charge in [0.1, 0.15) is 39.9 Å². The van der Waals surface area contributed by atoms with E-state index in [4.69, 9.17) is 23.4 Å². The van der Waals surface area contributed by atoms with Gasteiger partial charge in [0.15, 0.2) is 5.76 Å². The van der Waals surface area contributed by atoms with E-state index < -0.39 is 5.97 Å². The van der Waals surface area contributed by atoms with Crippen LogP contribution in [0.2, 0.25) is 0 Å². The highest BCUT2D eigenvalue weighted by molar-refractivity contribution is 6.15. The van der Waals surface area contributed by atoms with Crippen molar-refractivity contribution in [3.63, 3.8) is 0 Å². The first-order valence-electron chi connectivity index (χ1n) is 12.1. The molecule has 1 aliphatic rings. The Labute approximate surface area is 223 Å². The maximum atomic E-state index is 13.6. The Hall–Kier alpha value is -5.30. The molecule has 0 bridgehead atoms. The lowest BCUT2D eigenvalue weighted by Crippen LogP contribution is -2.09. The first-order valence-corrected chi connectivity index (χ1v) is 12.1. The van der Waals surface area contributed by atoms with E-state index in [2.05, 4.69) is 0 Å². The monoisotopic (exact) mass is 518 g/mol. The van der Waals surface area contributed by atoms with Crippen molar-refractivity contribution in [1.82, 2.24) is 0 Å². The zero-order valence-electron chi connectivity index (χ0n) is 21.1. The number of carbonyl (C=O) groups is 2. The number of methoxy groups -OCH3 is 2. The van der Waals surface area contributed by atoms with Crippen molar-refractivity contribution in [1.29, 1.82) is 0 Å². The number of fused-ring (bicyclic) bond motifs is 2. The molecular formula is C32H22O7. The lowest BCUT2D eigenvalue weighted by atomic mass is 10.1. The van der Waals surface area contributed by atoms with Crippen LogP contribution in [0, 0.1) is 0 Å². The molecule has 0 saturated carbocycles. The number of rotatable bonds is 6. The van der Waals surface area contributed by atoms with Crippen molar-refractivity contribution >= 4 is 28.8 Å². The van der Waals surface area contributed by atoms with Gasteiger partial charge in [-0.25, -0.2) is 4.79 Å². The quantitative estimate of drug-likeness (QED) is 0.137. The van der Waals surface area contributed by atoms with Crippen LogP contribution in [-0.2, 0) is 0 Å². The van der Waals surface area contributed by atoms with Gasteiger partial charge in [-0.15, -0.1) is 0 Å². The van der Waals surface area contributed by atoms with E-state index in [1.54, 1.807) is 56.7 Å². The summed E-state index contributed by atoms with van der Waals surface area (Å²) >= 11 is 0. The lowest BCUT2D eigenvalue weighted by molar-refractivity contribution is 0.0736. The SMILES string of the molecule is COc1ccc2oc(-c3ccccc3)c(C(=O)Oc3ccc4c(c3)OC(=Cc3ccccc3OC)C4=O)c2c1. The van der Waals surface area contributed by atoms with Gasteiger partial charge in [-0.2, -0.15) is 0 Å². The van der Waals surface area contributed by atoms with Crippen LogP contribution in [0.4, 0.5) is 0 Å². The molecule has 1 aromatic heterocycles. The van der Waals surface area contributed by atoms with Crippen molar-refractivity contribution < 1.29 is 33.0 Å². The third-order valence-corrected chi connectivity index (χ3v) is 6.41. The molecule has 4 aromatic carbocycles. The molecule has 7 nitrogen and oxygen atoms in total. The van der Waals surface area contributed by atoms with E-state index in [0.29, 0.717) is 45.1 Å². The molecule has 0 fully saturated rings. The zero-order valence-corrected chi connectivity index (χ0v) is 21.1. The Morgan fingerprint density at radius 3 is 2.38 bits per heavy atom. The normalized spacial score (nSPS) is 13.3. The molecule has 0 spiro atoms. The van der Waals surface area contributed by atoms with Crippen molar-refractivity contribution in [2.45, 2.75) is 0 Å². The smallest absolute Gasteiger partial charge is 0.348 e. The van der Waals surface area contributed by atoms with Crippen LogP contribution in [0.25, 0.3) is 28.4 Å². The van der Waals surface area contributed by atoms with Gasteiger partial charge in [0.05, 0.1) is 19.8 Å². The summed E-state index contributed by atoms with van der Waals surface area (Å²) in [5.74, 6) is 1.37. The third kappa shape index (κ3) is 4.40. The Morgan fingerprint density at radius 1 is 0.821 bits per heavy atom. The van der Waals surface area contributed by atoms with Crippen molar-refractivity contribution in [3.8, 4) is 34.3 Å². The molecule has 0 unspecified atom stereocenters. The fourth-order valence-corrected chi connectivity index (χ4v) is 4.51. The number of carbonyl (C=O) groups excluding carboxylic acids is 2. The molecule has 5 aromatic rings. The molecule has 2 heterocycles. The standard InChI is InChI=1S/C32H22O7/c1-35-21-13-15-26-24(17-21)29(31(39-26)19-8-4-3-5-9-19)32(34)37-22-12-14-23-27(18-22)38-28(30(23)33)16-20-10-6-7-11-25(20)36-2/h3-18H,1-2H3. The van der Waals surface area contributed by atoms with Gasteiger partial charge in [0.25, 0.3) is 0 Å². The summed E-state index contributed by atoms with van der Waals surface area (Å²) in [6.45, 7) is 0. The summed E-state index contributed by atoms with van der Waals surface area (Å²) in [6.07, 6.45) is 1.63. The molecule has 7 heteroatoms. The Morgan fingerprint density at radius 2 is 1.59 bits per heavy atom. The summed E-state index contributed by atoms with van der Waals surface area (Å²) in [6, 6.07) is 26.6. The van der Waals surface area contributed by atoms with Gasteiger partial charge in [0, 0.05) is 22.6 Å². The van der Waals surface area contributed by atoms with E-state index in [9.17, 15) is 9.59 Å². The lowest BCUT2D eigenvalue weighted by Gasteiger charge is -2.07. The minimum Gasteiger partial charge on any atom is -0.497 e. The van der Waals surface area contributed by atoms with Gasteiger partial charge in [0.2, 0.25) is 5.78 Å². The van der Waals surface area contributed by atoms with Crippen LogP contribution < -0.4 is 18.9 Å². The Balaban J connectivity index is 1.34. The molecular weight excluding hydrogens is 496 g/mol. The fraction of sp³-hybridized carbons (Fsp3) is 0.0625. The topological polar surface area (TPSA) is 84.2 Å². The second-order valence-corrected chi connectivity index (χ2v) is 8.76. The number of Topliss-reactive ketones (excluding diaryl/α,β-unsaturated/α-hetero) is 1. The number of esters is 1. The largest absolute Gasteiger partial charge is 0.497 e. The Kier molecular flexibility index (Phi) is 6.09. The van der Waals surface area contributed by atoms with Crippen LogP contribution in [0.3, 0.4) is 0 Å². The molecule has 39 heavy (non-hydrogen) atoms. The molecule has 6 rings (SSSR count). The van der Waals surface area contributed by atoms with E-state index in [0.717, 1.165) is 5.56 Å². The van der Waals surface area contributed by atoms with E-state index in [1.807, 2.05) is 48.5 Å². The predicted octanol–water partition coefficient (Wildman–Crippen LogP) is 6.95. The number of hydrogen-bond donors (Lipinski definition) is 0. The van der Waals surface area contributed by atoms with Crippen molar-refractivity contribution in [3.05, 3.63) is 113 Å². The van der Waals surface area contributed by atoms with Crippen molar-refractivity contribution in [2.75, 3.05) is 14.2 Å². The average Bonchev–Trinajstić information content (AvgIpc) is 3.50. The summed E-state index contributed by atoms with van der Waals surface area (Å²) < 4.78 is 28.4. The average molecular weight is 519 g/mol. The van der Waals surface area contributed by atoms with E-state index >= 15 is 0 Å². The number of allylic oxidation sites excluding steroid dienone is 1. The first kappa shape index (κ1) is 24.1. The zero-order chi connectivity index (χ0) is 26.9. The third-order valence-electron chi connectivity index (χ3n) is 6.41. The van der Waals surface area contributed by atoms with Gasteiger partial charge >= 0.3 is 5.97 Å². The summed E-state index contributed by atoms with van der Waals surface area (Å²) in [4.78, 5) is 26.5. The second-order valence-electron chi connectivity index (χ2n) is 8.76. The summed E-state index contributed by atoms with van der Waals surface area (Å²) in [7, 11) is 3.12. The van der Waals surface area contributed by atoms with Gasteiger partial charge in [-0.1, -0.05) is 48.5 Å². The van der Waals surface area contributed by atoms with Crippen LogP contribution in [-0.4, -0.2) is 26.0 Å². The number of hydrogen-bond acceptors (Lipinski definition) is 7. The number of para-hydroxylation sites is 1. The molecule has 1 aliphatic heterocycles. The van der Waals surface area contributed by atoms with Crippen molar-refractivity contribution in [2.24, 2.45) is 0 Å². The molecule has 0 atom stereocenters. The van der Waals surface area contributed by atoms with Gasteiger partial charge in [-0.05, 0) is 42.5 Å². The first-order chi connectivity index (χ1) is 19.1. The summed E-state index contributed by atoms with van der Waals surface area (Å²) in [5.41, 5.74) is 2.60. The minimum atomic E-state index is -0.616. The number of benzene rings is 4. The second kappa shape index (κ2) is 9.87. The molecule has 0 saturated heterocycles. The van der Waals surface area contributed by atoms with Crippen LogP contribution in [0.15, 0.2) is 101 Å². The van der Waals surface area contributed by atoms with E-state index in [-0.39, 0.29) is 22.9 Å². The highest BCUT2D eigenvalue weighted by Gasteiger charge is 2.29. The fourth-order valence-electron chi connectivity index (χ4n) is 4.51. The minimum absolute atomic E-state index is 0.150. The highest BCUT2D eigenvalue weighted by atomic mass is 16.5.